The van der Waals surface area contributed by atoms with Gasteiger partial charge in [-0.1, -0.05) is 36.4 Å². The van der Waals surface area contributed by atoms with Gasteiger partial charge in [0.25, 0.3) is 5.91 Å². The van der Waals surface area contributed by atoms with E-state index in [9.17, 15) is 9.59 Å². The number of fused-ring (bicyclic) bond motifs is 1. The van der Waals surface area contributed by atoms with Crippen LogP contribution in [0.5, 0.6) is 5.75 Å². The fourth-order valence-electron chi connectivity index (χ4n) is 5.13. The highest BCUT2D eigenvalue weighted by molar-refractivity contribution is 6.10. The van der Waals surface area contributed by atoms with Crippen LogP contribution in [-0.4, -0.2) is 98.9 Å². The summed E-state index contributed by atoms with van der Waals surface area (Å²) in [7, 11) is 0. The van der Waals surface area contributed by atoms with Crippen molar-refractivity contribution in [1.82, 2.24) is 14.7 Å². The van der Waals surface area contributed by atoms with E-state index in [2.05, 4.69) is 15.1 Å². The summed E-state index contributed by atoms with van der Waals surface area (Å²) in [6.45, 7) is 10.7. The van der Waals surface area contributed by atoms with E-state index >= 15 is 0 Å². The maximum atomic E-state index is 13.1. The van der Waals surface area contributed by atoms with Crippen LogP contribution in [0.1, 0.15) is 22.8 Å². The van der Waals surface area contributed by atoms with Crippen LogP contribution in [0.2, 0.25) is 0 Å². The molecule has 2 fully saturated rings. The number of morpholine rings is 1. The third-order valence-corrected chi connectivity index (χ3v) is 7.42. The Morgan fingerprint density at radius 3 is 2.30 bits per heavy atom. The number of nitrogens with one attached hydrogen (secondary N) is 1. The normalized spacial score (nSPS) is 16.6. The number of amides is 2. The molecular formula is C31H38N4O5. The maximum Gasteiger partial charge on any atom is 0.409 e. The number of hydrogen-bond acceptors (Lipinski definition) is 7. The van der Waals surface area contributed by atoms with Crippen molar-refractivity contribution < 1.29 is 23.8 Å². The van der Waals surface area contributed by atoms with Crippen molar-refractivity contribution in [2.75, 3.05) is 77.6 Å². The van der Waals surface area contributed by atoms with E-state index in [-0.39, 0.29) is 12.0 Å². The van der Waals surface area contributed by atoms with Gasteiger partial charge in [0, 0.05) is 74.4 Å². The van der Waals surface area contributed by atoms with Crippen LogP contribution in [-0.2, 0) is 16.0 Å². The molecule has 0 saturated carbocycles. The lowest BCUT2D eigenvalue weighted by Crippen LogP contribution is -2.49. The molecule has 2 saturated heterocycles. The molecule has 0 spiro atoms. The predicted octanol–water partition coefficient (Wildman–Crippen LogP) is 4.08. The Morgan fingerprint density at radius 1 is 0.850 bits per heavy atom. The molecule has 3 aromatic rings. The minimum atomic E-state index is -0.238. The van der Waals surface area contributed by atoms with Crippen LogP contribution >= 0.6 is 0 Å². The molecule has 212 valence electrons. The molecule has 3 aromatic carbocycles. The Hall–Kier alpha value is -3.66. The lowest BCUT2D eigenvalue weighted by atomic mass is 10.1. The molecule has 9 heteroatoms. The first-order valence-corrected chi connectivity index (χ1v) is 14.1. The van der Waals surface area contributed by atoms with Crippen molar-refractivity contribution in [3.05, 3.63) is 71.8 Å². The van der Waals surface area contributed by atoms with Gasteiger partial charge in [0.05, 0.1) is 19.8 Å². The second kappa shape index (κ2) is 13.6. The third kappa shape index (κ3) is 7.10. The summed E-state index contributed by atoms with van der Waals surface area (Å²) in [4.78, 5) is 31.4. The molecule has 40 heavy (non-hydrogen) atoms. The zero-order valence-electron chi connectivity index (χ0n) is 23.1. The summed E-state index contributed by atoms with van der Waals surface area (Å²) in [6, 6.07) is 19.6. The van der Waals surface area contributed by atoms with Gasteiger partial charge in [-0.25, -0.2) is 4.79 Å². The molecule has 0 bridgehead atoms. The summed E-state index contributed by atoms with van der Waals surface area (Å²) in [5, 5.41) is 4.97. The lowest BCUT2D eigenvalue weighted by molar-refractivity contribution is 0.0342. The van der Waals surface area contributed by atoms with Crippen molar-refractivity contribution in [3.8, 4) is 5.75 Å². The summed E-state index contributed by atoms with van der Waals surface area (Å²) < 4.78 is 16.7. The first-order valence-electron chi connectivity index (χ1n) is 14.1. The summed E-state index contributed by atoms with van der Waals surface area (Å²) in [5.41, 5.74) is 2.56. The number of hydrogen-bond donors (Lipinski definition) is 1. The van der Waals surface area contributed by atoms with E-state index < -0.39 is 0 Å². The largest absolute Gasteiger partial charge is 0.492 e. The van der Waals surface area contributed by atoms with Gasteiger partial charge < -0.3 is 24.4 Å². The molecule has 5 rings (SSSR count). The molecule has 0 radical (unpaired) electrons. The van der Waals surface area contributed by atoms with Crippen molar-refractivity contribution in [2.24, 2.45) is 0 Å². The van der Waals surface area contributed by atoms with Crippen LogP contribution in [0.15, 0.2) is 60.7 Å². The summed E-state index contributed by atoms with van der Waals surface area (Å²) in [6.07, 6.45) is -0.238. The minimum Gasteiger partial charge on any atom is -0.492 e. The van der Waals surface area contributed by atoms with Gasteiger partial charge in [-0.3, -0.25) is 14.6 Å². The molecule has 0 unspecified atom stereocenters. The molecule has 0 aliphatic carbocycles. The standard InChI is InChI=1S/C31H38N4O5/c1-2-39-31(37)35-15-13-33(14-16-35)19-22-40-29-12-11-28(26-5-3-4-6-27(26)29)32-30(36)25-9-7-24(8-10-25)23-34-17-20-38-21-18-34/h3-12H,2,13-23H2,1H3,(H,32,36). The Balaban J connectivity index is 1.16. The molecule has 2 amide bonds. The van der Waals surface area contributed by atoms with E-state index in [1.165, 1.54) is 5.56 Å². The highest BCUT2D eigenvalue weighted by Crippen LogP contribution is 2.32. The average molecular weight is 547 g/mol. The third-order valence-electron chi connectivity index (χ3n) is 7.42. The summed E-state index contributed by atoms with van der Waals surface area (Å²) >= 11 is 0. The van der Waals surface area contributed by atoms with Crippen LogP contribution in [0.25, 0.3) is 10.8 Å². The Morgan fingerprint density at radius 2 is 1.57 bits per heavy atom. The van der Waals surface area contributed by atoms with Crippen LogP contribution in [0.4, 0.5) is 10.5 Å². The Kier molecular flexibility index (Phi) is 9.49. The van der Waals surface area contributed by atoms with Crippen molar-refractivity contribution in [1.29, 1.82) is 0 Å². The van der Waals surface area contributed by atoms with E-state index in [4.69, 9.17) is 14.2 Å². The van der Waals surface area contributed by atoms with Gasteiger partial charge in [0.1, 0.15) is 12.4 Å². The fraction of sp³-hybridized carbons (Fsp3) is 0.419. The van der Waals surface area contributed by atoms with E-state index in [0.717, 1.165) is 74.7 Å². The molecular weight excluding hydrogens is 508 g/mol. The number of anilines is 1. The molecule has 2 heterocycles. The Labute approximate surface area is 235 Å². The predicted molar refractivity (Wildman–Crippen MR) is 155 cm³/mol. The first-order chi connectivity index (χ1) is 19.6. The molecule has 0 aromatic heterocycles. The van der Waals surface area contributed by atoms with E-state index in [1.807, 2.05) is 67.6 Å². The zero-order valence-corrected chi connectivity index (χ0v) is 23.1. The van der Waals surface area contributed by atoms with Crippen LogP contribution in [0, 0.1) is 0 Å². The highest BCUT2D eigenvalue weighted by Gasteiger charge is 2.22. The number of carbonyl (C=O) groups excluding carboxylic acids is 2. The molecule has 9 nitrogen and oxygen atoms in total. The molecule has 0 atom stereocenters. The quantitative estimate of drug-likeness (QED) is 0.433. The van der Waals surface area contributed by atoms with Gasteiger partial charge in [-0.2, -0.15) is 0 Å². The van der Waals surface area contributed by atoms with Crippen molar-refractivity contribution in [3.63, 3.8) is 0 Å². The number of rotatable bonds is 9. The number of piperazine rings is 1. The Bertz CT molecular complexity index is 1280. The van der Waals surface area contributed by atoms with Gasteiger partial charge in [-0.05, 0) is 36.8 Å². The van der Waals surface area contributed by atoms with E-state index in [1.54, 1.807) is 4.90 Å². The smallest absolute Gasteiger partial charge is 0.409 e. The number of benzene rings is 3. The average Bonchev–Trinajstić information content (AvgIpc) is 2.99. The second-order valence-corrected chi connectivity index (χ2v) is 10.1. The minimum absolute atomic E-state index is 0.140. The molecule has 1 N–H and O–H groups in total. The zero-order chi connectivity index (χ0) is 27.7. The number of nitrogens with zero attached hydrogens (tertiary/aromatic N) is 3. The fourth-order valence-corrected chi connectivity index (χ4v) is 5.13. The van der Waals surface area contributed by atoms with Gasteiger partial charge >= 0.3 is 6.09 Å². The first kappa shape index (κ1) is 27.9. The van der Waals surface area contributed by atoms with Gasteiger partial charge in [0.15, 0.2) is 0 Å². The number of ether oxygens (including phenoxy) is 3. The van der Waals surface area contributed by atoms with Crippen molar-refractivity contribution in [2.45, 2.75) is 13.5 Å². The SMILES string of the molecule is CCOC(=O)N1CCN(CCOc2ccc(NC(=O)c3ccc(CN4CCOCC4)cc3)c3ccccc23)CC1. The monoisotopic (exact) mass is 546 g/mol. The van der Waals surface area contributed by atoms with Crippen LogP contribution in [0.3, 0.4) is 0 Å². The van der Waals surface area contributed by atoms with Gasteiger partial charge in [-0.15, -0.1) is 0 Å². The second-order valence-electron chi connectivity index (χ2n) is 10.1. The maximum absolute atomic E-state index is 13.1. The van der Waals surface area contributed by atoms with Gasteiger partial charge in [0.2, 0.25) is 0 Å². The van der Waals surface area contributed by atoms with Crippen molar-refractivity contribution >= 4 is 28.5 Å². The lowest BCUT2D eigenvalue weighted by Gasteiger charge is -2.33. The summed E-state index contributed by atoms with van der Waals surface area (Å²) in [5.74, 6) is 0.643. The van der Waals surface area contributed by atoms with Crippen LogP contribution < -0.4 is 10.1 Å². The number of carbonyl (C=O) groups is 2. The molecule has 2 aliphatic rings. The highest BCUT2D eigenvalue weighted by atomic mass is 16.6. The molecule has 2 aliphatic heterocycles. The topological polar surface area (TPSA) is 83.6 Å². The van der Waals surface area contributed by atoms with E-state index in [0.29, 0.717) is 31.9 Å².